The van der Waals surface area contributed by atoms with E-state index in [0.29, 0.717) is 12.0 Å². The Morgan fingerprint density at radius 3 is 2.35 bits per heavy atom. The number of carbonyl (C=O) groups excluding carboxylic acids is 1. The first-order valence-corrected chi connectivity index (χ1v) is 5.08. The lowest BCUT2D eigenvalue weighted by Gasteiger charge is -2.33. The number of aldehydes is 1. The van der Waals surface area contributed by atoms with Crippen LogP contribution in [0.4, 0.5) is 10.5 Å². The molecule has 0 heterocycles. The number of carboxylic acid groups (broad SMARTS) is 1. The van der Waals surface area contributed by atoms with Crippen LogP contribution in [-0.4, -0.2) is 28.1 Å². The first-order chi connectivity index (χ1) is 7.77. The highest BCUT2D eigenvalue weighted by atomic mass is 16.4. The third-order valence-corrected chi connectivity index (χ3v) is 2.26. The fourth-order valence-electron chi connectivity index (χ4n) is 1.56. The number of anilines is 1. The number of amides is 1. The Morgan fingerprint density at radius 2 is 1.94 bits per heavy atom. The maximum absolute atomic E-state index is 11.2. The second-order valence-corrected chi connectivity index (χ2v) is 4.65. The molecule has 0 bridgehead atoms. The molecule has 0 saturated carbocycles. The molecule has 0 spiro atoms. The van der Waals surface area contributed by atoms with Crippen molar-refractivity contribution in [3.8, 4) is 5.75 Å². The zero-order chi connectivity index (χ0) is 13.2. The Labute approximate surface area is 99.3 Å². The maximum atomic E-state index is 11.2. The van der Waals surface area contributed by atoms with E-state index in [1.165, 1.54) is 18.2 Å². The van der Waals surface area contributed by atoms with E-state index in [2.05, 4.69) is 0 Å². The van der Waals surface area contributed by atoms with Gasteiger partial charge in [0.2, 0.25) is 0 Å². The fraction of sp³-hybridized carbons (Fsp3) is 0.333. The molecule has 1 aromatic rings. The largest absolute Gasteiger partial charge is 0.507 e. The fourth-order valence-corrected chi connectivity index (χ4v) is 1.56. The number of nitrogens with zero attached hydrogens (tertiary/aromatic N) is 1. The SMILES string of the molecule is CC(C)(C)N(C(=O)O)c1ccc(O)c(C=O)c1. The number of hydrogen-bond donors (Lipinski definition) is 2. The van der Waals surface area contributed by atoms with Gasteiger partial charge in [-0.2, -0.15) is 0 Å². The second-order valence-electron chi connectivity index (χ2n) is 4.65. The highest BCUT2D eigenvalue weighted by molar-refractivity contribution is 5.90. The van der Waals surface area contributed by atoms with Crippen molar-refractivity contribution in [2.45, 2.75) is 26.3 Å². The lowest BCUT2D eigenvalue weighted by molar-refractivity contribution is 0.112. The van der Waals surface area contributed by atoms with Gasteiger partial charge in [-0.3, -0.25) is 9.69 Å². The number of aromatic hydroxyl groups is 1. The monoisotopic (exact) mass is 237 g/mol. The molecule has 0 unspecified atom stereocenters. The molecule has 0 aliphatic rings. The van der Waals surface area contributed by atoms with Crippen LogP contribution >= 0.6 is 0 Å². The van der Waals surface area contributed by atoms with Crippen LogP contribution < -0.4 is 4.90 Å². The van der Waals surface area contributed by atoms with Crippen molar-refractivity contribution in [3.05, 3.63) is 23.8 Å². The summed E-state index contributed by atoms with van der Waals surface area (Å²) in [5, 5.41) is 18.5. The van der Waals surface area contributed by atoms with Gasteiger partial charge >= 0.3 is 6.09 Å². The summed E-state index contributed by atoms with van der Waals surface area (Å²) in [6, 6.07) is 4.12. The average molecular weight is 237 g/mol. The summed E-state index contributed by atoms with van der Waals surface area (Å²) in [6.45, 7) is 5.23. The molecule has 1 amide bonds. The van der Waals surface area contributed by atoms with Crippen LogP contribution in [0.1, 0.15) is 31.1 Å². The average Bonchev–Trinajstić information content (AvgIpc) is 2.18. The highest BCUT2D eigenvalue weighted by Gasteiger charge is 2.28. The summed E-state index contributed by atoms with van der Waals surface area (Å²) in [5.41, 5.74) is -0.217. The van der Waals surface area contributed by atoms with E-state index in [9.17, 15) is 19.8 Å². The molecule has 0 fully saturated rings. The Kier molecular flexibility index (Phi) is 3.41. The van der Waals surface area contributed by atoms with Crippen LogP contribution in [-0.2, 0) is 0 Å². The topological polar surface area (TPSA) is 77.8 Å². The first-order valence-electron chi connectivity index (χ1n) is 5.08. The number of benzene rings is 1. The summed E-state index contributed by atoms with van der Waals surface area (Å²) in [5.74, 6) is -0.164. The minimum atomic E-state index is -1.11. The minimum Gasteiger partial charge on any atom is -0.507 e. The van der Waals surface area contributed by atoms with E-state index >= 15 is 0 Å². The van der Waals surface area contributed by atoms with Crippen molar-refractivity contribution in [2.75, 3.05) is 4.90 Å². The standard InChI is InChI=1S/C12H15NO4/c1-12(2,3)13(11(16)17)9-4-5-10(15)8(6-9)7-14/h4-7,15H,1-3H3,(H,16,17). The maximum Gasteiger partial charge on any atom is 0.412 e. The number of hydrogen-bond acceptors (Lipinski definition) is 3. The number of carbonyl (C=O) groups is 2. The van der Waals surface area contributed by atoms with Crippen LogP contribution in [0, 0.1) is 0 Å². The van der Waals surface area contributed by atoms with Crippen LogP contribution in [0.2, 0.25) is 0 Å². The normalized spacial score (nSPS) is 11.0. The molecular weight excluding hydrogens is 222 g/mol. The van der Waals surface area contributed by atoms with Gasteiger partial charge in [-0.15, -0.1) is 0 Å². The van der Waals surface area contributed by atoms with E-state index in [4.69, 9.17) is 0 Å². The van der Waals surface area contributed by atoms with Gasteiger partial charge in [-0.05, 0) is 39.0 Å². The Morgan fingerprint density at radius 1 is 1.35 bits per heavy atom. The molecule has 0 aromatic heterocycles. The first kappa shape index (κ1) is 13.0. The molecule has 0 aliphatic carbocycles. The van der Waals surface area contributed by atoms with E-state index in [-0.39, 0.29) is 11.3 Å². The number of phenols is 1. The third-order valence-electron chi connectivity index (χ3n) is 2.26. The van der Waals surface area contributed by atoms with Crippen LogP contribution in [0.3, 0.4) is 0 Å². The minimum absolute atomic E-state index is 0.0676. The summed E-state index contributed by atoms with van der Waals surface area (Å²) >= 11 is 0. The highest BCUT2D eigenvalue weighted by Crippen LogP contribution is 2.28. The van der Waals surface area contributed by atoms with Crippen molar-refractivity contribution in [1.29, 1.82) is 0 Å². The molecular formula is C12H15NO4. The molecule has 0 aliphatic heterocycles. The van der Waals surface area contributed by atoms with Gasteiger partial charge in [-0.1, -0.05) is 0 Å². The van der Waals surface area contributed by atoms with Crippen LogP contribution in [0.25, 0.3) is 0 Å². The molecule has 2 N–H and O–H groups in total. The molecule has 0 atom stereocenters. The zero-order valence-electron chi connectivity index (χ0n) is 9.97. The predicted octanol–water partition coefficient (Wildman–Crippen LogP) is 2.49. The molecule has 5 heteroatoms. The summed E-state index contributed by atoms with van der Waals surface area (Å²) < 4.78 is 0. The Balaban J connectivity index is 3.30. The van der Waals surface area contributed by atoms with Crippen LogP contribution in [0.15, 0.2) is 18.2 Å². The summed E-state index contributed by atoms with van der Waals surface area (Å²) in [6.07, 6.45) is -0.623. The molecule has 0 radical (unpaired) electrons. The quantitative estimate of drug-likeness (QED) is 0.774. The number of phenolic OH excluding ortho intramolecular Hbond substituents is 1. The van der Waals surface area contributed by atoms with E-state index in [0.717, 1.165) is 4.90 Å². The Bertz CT molecular complexity index is 448. The van der Waals surface area contributed by atoms with Crippen molar-refractivity contribution in [3.63, 3.8) is 0 Å². The molecule has 5 nitrogen and oxygen atoms in total. The lowest BCUT2D eigenvalue weighted by atomic mass is 10.0. The van der Waals surface area contributed by atoms with Gasteiger partial charge in [-0.25, -0.2) is 4.79 Å². The smallest absolute Gasteiger partial charge is 0.412 e. The van der Waals surface area contributed by atoms with Crippen molar-refractivity contribution >= 4 is 18.1 Å². The van der Waals surface area contributed by atoms with Gasteiger partial charge in [0.1, 0.15) is 5.75 Å². The molecule has 92 valence electrons. The van der Waals surface area contributed by atoms with Crippen LogP contribution in [0.5, 0.6) is 5.75 Å². The van der Waals surface area contributed by atoms with E-state index in [1.54, 1.807) is 20.8 Å². The van der Waals surface area contributed by atoms with Gasteiger partial charge in [0.15, 0.2) is 6.29 Å². The summed E-state index contributed by atoms with van der Waals surface area (Å²) in [4.78, 5) is 23.0. The molecule has 1 rings (SSSR count). The van der Waals surface area contributed by atoms with Gasteiger partial charge in [0.05, 0.1) is 5.56 Å². The van der Waals surface area contributed by atoms with E-state index < -0.39 is 11.6 Å². The molecule has 17 heavy (non-hydrogen) atoms. The van der Waals surface area contributed by atoms with E-state index in [1.807, 2.05) is 0 Å². The van der Waals surface area contributed by atoms with Crippen molar-refractivity contribution in [2.24, 2.45) is 0 Å². The van der Waals surface area contributed by atoms with Gasteiger partial charge < -0.3 is 10.2 Å². The van der Waals surface area contributed by atoms with Crippen molar-refractivity contribution in [1.82, 2.24) is 0 Å². The lowest BCUT2D eigenvalue weighted by Crippen LogP contribution is -2.45. The predicted molar refractivity (Wildman–Crippen MR) is 63.8 cm³/mol. The third kappa shape index (κ3) is 2.75. The molecule has 0 saturated heterocycles. The number of rotatable bonds is 2. The molecule has 1 aromatic carbocycles. The summed E-state index contributed by atoms with van der Waals surface area (Å²) in [7, 11) is 0. The zero-order valence-corrected chi connectivity index (χ0v) is 9.97. The van der Waals surface area contributed by atoms with Crippen molar-refractivity contribution < 1.29 is 19.8 Å². The van der Waals surface area contributed by atoms with Gasteiger partial charge in [0, 0.05) is 11.2 Å². The second kappa shape index (κ2) is 4.45. The Hall–Kier alpha value is -2.04. The van der Waals surface area contributed by atoms with Gasteiger partial charge in [0.25, 0.3) is 0 Å².